The molecule has 0 aromatic heterocycles. The lowest BCUT2D eigenvalue weighted by Gasteiger charge is -2.25. The van der Waals surface area contributed by atoms with Gasteiger partial charge in [0.15, 0.2) is 11.5 Å². The molecule has 0 radical (unpaired) electrons. The van der Waals surface area contributed by atoms with Gasteiger partial charge in [-0.1, -0.05) is 30.3 Å². The molecule has 1 amide bonds. The number of carbonyl (C=O) groups excluding carboxylic acids is 1. The van der Waals surface area contributed by atoms with Crippen LogP contribution in [0.2, 0.25) is 0 Å². The van der Waals surface area contributed by atoms with Crippen LogP contribution in [0, 0.1) is 0 Å². The van der Waals surface area contributed by atoms with Gasteiger partial charge in [0.05, 0.1) is 6.61 Å². The van der Waals surface area contributed by atoms with E-state index in [1.165, 1.54) is 0 Å². The van der Waals surface area contributed by atoms with Crippen LogP contribution in [0.4, 0.5) is 0 Å². The zero-order valence-corrected chi connectivity index (χ0v) is 9.90. The SMILES string of the molecule is CCOC1=CC(OC)(c2ccccc2)NC1=O. The van der Waals surface area contributed by atoms with Gasteiger partial charge >= 0.3 is 0 Å². The Hall–Kier alpha value is -1.81. The number of benzene rings is 1. The smallest absolute Gasteiger partial charge is 0.288 e. The summed E-state index contributed by atoms with van der Waals surface area (Å²) in [6, 6.07) is 9.50. The number of ether oxygens (including phenoxy) is 2. The average Bonchev–Trinajstić information content (AvgIpc) is 2.69. The molecule has 17 heavy (non-hydrogen) atoms. The molecule has 0 spiro atoms. The average molecular weight is 233 g/mol. The summed E-state index contributed by atoms with van der Waals surface area (Å²) in [6.45, 7) is 2.29. The second kappa shape index (κ2) is 4.59. The van der Waals surface area contributed by atoms with E-state index in [1.807, 2.05) is 37.3 Å². The monoisotopic (exact) mass is 233 g/mol. The zero-order valence-electron chi connectivity index (χ0n) is 9.90. The van der Waals surface area contributed by atoms with Crippen LogP contribution in [0.1, 0.15) is 12.5 Å². The first kappa shape index (κ1) is 11.7. The van der Waals surface area contributed by atoms with Gasteiger partial charge in [0.1, 0.15) is 0 Å². The summed E-state index contributed by atoms with van der Waals surface area (Å²) in [6.07, 6.45) is 1.67. The van der Waals surface area contributed by atoms with Crippen molar-refractivity contribution in [1.82, 2.24) is 5.32 Å². The predicted molar refractivity (Wildman–Crippen MR) is 63.0 cm³/mol. The van der Waals surface area contributed by atoms with Crippen LogP contribution in [-0.4, -0.2) is 19.6 Å². The molecule has 1 aromatic carbocycles. The molecule has 1 unspecified atom stereocenters. The minimum absolute atomic E-state index is 0.252. The lowest BCUT2D eigenvalue weighted by molar-refractivity contribution is -0.124. The number of methoxy groups -OCH3 is 1. The molecule has 0 aliphatic carbocycles. The molecule has 1 aromatic rings. The van der Waals surface area contributed by atoms with Crippen molar-refractivity contribution in [2.45, 2.75) is 12.6 Å². The van der Waals surface area contributed by atoms with E-state index in [4.69, 9.17) is 9.47 Å². The predicted octanol–water partition coefficient (Wildman–Crippen LogP) is 1.54. The maximum absolute atomic E-state index is 11.7. The van der Waals surface area contributed by atoms with Crippen molar-refractivity contribution >= 4 is 5.91 Å². The van der Waals surface area contributed by atoms with Gasteiger partial charge in [0.25, 0.3) is 5.91 Å². The molecule has 4 heteroatoms. The standard InChI is InChI=1S/C13H15NO3/c1-3-17-11-9-13(16-2,14-12(11)15)10-7-5-4-6-8-10/h4-9H,3H2,1-2H3,(H,14,15). The third-order valence-electron chi connectivity index (χ3n) is 2.68. The third-order valence-corrected chi connectivity index (χ3v) is 2.68. The maximum Gasteiger partial charge on any atom is 0.288 e. The van der Waals surface area contributed by atoms with Crippen molar-refractivity contribution in [3.8, 4) is 0 Å². The third kappa shape index (κ3) is 2.03. The van der Waals surface area contributed by atoms with Crippen molar-refractivity contribution in [3.63, 3.8) is 0 Å². The lowest BCUT2D eigenvalue weighted by atomic mass is 10.0. The molecule has 1 aliphatic rings. The number of hydrogen-bond acceptors (Lipinski definition) is 3. The molecule has 0 bridgehead atoms. The van der Waals surface area contributed by atoms with Gasteiger partial charge in [-0.05, 0) is 6.92 Å². The van der Waals surface area contributed by atoms with Crippen LogP contribution < -0.4 is 5.32 Å². The number of rotatable bonds is 4. The van der Waals surface area contributed by atoms with Crippen LogP contribution in [0.25, 0.3) is 0 Å². The Morgan fingerprint density at radius 2 is 2.00 bits per heavy atom. The van der Waals surface area contributed by atoms with Gasteiger partial charge < -0.3 is 14.8 Å². The first-order valence-electron chi connectivity index (χ1n) is 5.50. The van der Waals surface area contributed by atoms with Crippen LogP contribution >= 0.6 is 0 Å². The summed E-state index contributed by atoms with van der Waals surface area (Å²) in [4.78, 5) is 11.7. The van der Waals surface area contributed by atoms with Gasteiger partial charge in [-0.3, -0.25) is 4.79 Å². The largest absolute Gasteiger partial charge is 0.488 e. The maximum atomic E-state index is 11.7. The van der Waals surface area contributed by atoms with Crippen LogP contribution in [-0.2, 0) is 20.0 Å². The lowest BCUT2D eigenvalue weighted by Crippen LogP contribution is -2.41. The Morgan fingerprint density at radius 3 is 2.59 bits per heavy atom. The van der Waals surface area contributed by atoms with Crippen LogP contribution in [0.15, 0.2) is 42.2 Å². The number of nitrogens with one attached hydrogen (secondary N) is 1. The Labute approximate surface area is 100 Å². The molecule has 4 nitrogen and oxygen atoms in total. The highest BCUT2D eigenvalue weighted by Crippen LogP contribution is 2.30. The number of amides is 1. The fraction of sp³-hybridized carbons (Fsp3) is 0.308. The number of carbonyl (C=O) groups is 1. The minimum atomic E-state index is -0.914. The summed E-state index contributed by atoms with van der Waals surface area (Å²) in [5, 5.41) is 2.79. The summed E-state index contributed by atoms with van der Waals surface area (Å²) >= 11 is 0. The van der Waals surface area contributed by atoms with Gasteiger partial charge in [-0.2, -0.15) is 0 Å². The Kier molecular flexibility index (Phi) is 3.15. The van der Waals surface area contributed by atoms with Crippen LogP contribution in [0.5, 0.6) is 0 Å². The van der Waals surface area contributed by atoms with Gasteiger partial charge in [0.2, 0.25) is 0 Å². The zero-order chi connectivity index (χ0) is 12.3. The highest BCUT2D eigenvalue weighted by Gasteiger charge is 2.40. The van der Waals surface area contributed by atoms with Crippen molar-refractivity contribution < 1.29 is 14.3 Å². The fourth-order valence-corrected chi connectivity index (χ4v) is 1.85. The summed E-state index contributed by atoms with van der Waals surface area (Å²) in [5.41, 5.74) is -0.0476. The highest BCUT2D eigenvalue weighted by molar-refractivity contribution is 5.95. The Bertz CT molecular complexity index is 441. The first-order valence-corrected chi connectivity index (χ1v) is 5.50. The van der Waals surface area contributed by atoms with Crippen LogP contribution in [0.3, 0.4) is 0 Å². The van der Waals surface area contributed by atoms with E-state index < -0.39 is 5.72 Å². The Morgan fingerprint density at radius 1 is 1.29 bits per heavy atom. The fourth-order valence-electron chi connectivity index (χ4n) is 1.85. The molecule has 1 aliphatic heterocycles. The van der Waals surface area contributed by atoms with E-state index in [0.29, 0.717) is 12.4 Å². The molecule has 2 rings (SSSR count). The summed E-state index contributed by atoms with van der Waals surface area (Å²) in [5.74, 6) is 0.0516. The van der Waals surface area contributed by atoms with Gasteiger partial charge in [-0.25, -0.2) is 0 Å². The van der Waals surface area contributed by atoms with E-state index >= 15 is 0 Å². The molecule has 1 heterocycles. The molecule has 0 saturated carbocycles. The second-order valence-electron chi connectivity index (χ2n) is 3.70. The second-order valence-corrected chi connectivity index (χ2v) is 3.70. The molecule has 0 fully saturated rings. The number of hydrogen-bond donors (Lipinski definition) is 1. The van der Waals surface area contributed by atoms with E-state index in [2.05, 4.69) is 5.32 Å². The minimum Gasteiger partial charge on any atom is -0.488 e. The van der Waals surface area contributed by atoms with E-state index in [9.17, 15) is 4.79 Å². The molecule has 90 valence electrons. The van der Waals surface area contributed by atoms with Crippen molar-refractivity contribution in [2.24, 2.45) is 0 Å². The normalized spacial score (nSPS) is 23.2. The van der Waals surface area contributed by atoms with Crippen molar-refractivity contribution in [2.75, 3.05) is 13.7 Å². The first-order chi connectivity index (χ1) is 8.22. The van der Waals surface area contributed by atoms with Gasteiger partial charge in [-0.15, -0.1) is 0 Å². The summed E-state index contributed by atoms with van der Waals surface area (Å²) in [7, 11) is 1.55. The molecule has 0 saturated heterocycles. The Balaban J connectivity index is 2.38. The van der Waals surface area contributed by atoms with Gasteiger partial charge in [0, 0.05) is 18.7 Å². The topological polar surface area (TPSA) is 47.6 Å². The van der Waals surface area contributed by atoms with Crippen molar-refractivity contribution in [3.05, 3.63) is 47.7 Å². The van der Waals surface area contributed by atoms with Crippen molar-refractivity contribution in [1.29, 1.82) is 0 Å². The highest BCUT2D eigenvalue weighted by atomic mass is 16.5. The van der Waals surface area contributed by atoms with E-state index in [-0.39, 0.29) is 5.91 Å². The van der Waals surface area contributed by atoms with E-state index in [0.717, 1.165) is 5.56 Å². The quantitative estimate of drug-likeness (QED) is 0.858. The van der Waals surface area contributed by atoms with E-state index in [1.54, 1.807) is 13.2 Å². The molecular weight excluding hydrogens is 218 g/mol. The molecule has 1 N–H and O–H groups in total. The molecule has 1 atom stereocenters. The molecular formula is C13H15NO3. The summed E-state index contributed by atoms with van der Waals surface area (Å²) < 4.78 is 10.7.